The summed E-state index contributed by atoms with van der Waals surface area (Å²) in [5.74, 6) is -2.24. The third kappa shape index (κ3) is 6.04. The largest absolute Gasteiger partial charge is 0.488 e. The Bertz CT molecular complexity index is 413. The maximum absolute atomic E-state index is 13.5. The van der Waals surface area contributed by atoms with Crippen molar-refractivity contribution in [3.8, 4) is 5.75 Å². The van der Waals surface area contributed by atoms with Crippen LogP contribution in [0.15, 0.2) is 12.1 Å². The Hall–Kier alpha value is -0.890. The molecule has 0 saturated carbocycles. The highest BCUT2D eigenvalue weighted by Crippen LogP contribution is 2.24. The molecule has 1 aromatic carbocycles. The Morgan fingerprint density at radius 3 is 2.15 bits per heavy atom. The van der Waals surface area contributed by atoms with Crippen LogP contribution in [0, 0.1) is 11.6 Å². The number of halogens is 6. The summed E-state index contributed by atoms with van der Waals surface area (Å²) in [7, 11) is 0. The molecule has 8 heteroatoms. The van der Waals surface area contributed by atoms with Crippen molar-refractivity contribution >= 4 is 15.9 Å². The molecule has 0 unspecified atom stereocenters. The van der Waals surface area contributed by atoms with Crippen LogP contribution in [0.3, 0.4) is 0 Å². The molecule has 0 amide bonds. The number of hydrogen-bond acceptors (Lipinski definition) is 2. The molecule has 1 rings (SSSR count). The van der Waals surface area contributed by atoms with Crippen molar-refractivity contribution in [1.29, 1.82) is 0 Å². The normalized spacial score (nSPS) is 11.7. The summed E-state index contributed by atoms with van der Waals surface area (Å²) in [5, 5.41) is 0.298. The van der Waals surface area contributed by atoms with Gasteiger partial charge in [-0.1, -0.05) is 15.9 Å². The van der Waals surface area contributed by atoms with Gasteiger partial charge in [-0.05, 0) is 17.7 Å². The topological polar surface area (TPSA) is 18.5 Å². The molecule has 0 aliphatic rings. The van der Waals surface area contributed by atoms with Crippen molar-refractivity contribution in [1.82, 2.24) is 0 Å². The van der Waals surface area contributed by atoms with Crippen LogP contribution in [0.2, 0.25) is 0 Å². The molecule has 0 N–H and O–H groups in total. The van der Waals surface area contributed by atoms with E-state index < -0.39 is 30.2 Å². The maximum atomic E-state index is 13.5. The highest BCUT2D eigenvalue weighted by atomic mass is 79.9. The zero-order chi connectivity index (χ0) is 15.2. The van der Waals surface area contributed by atoms with Crippen LogP contribution in [0.5, 0.6) is 5.75 Å². The van der Waals surface area contributed by atoms with Crippen molar-refractivity contribution < 1.29 is 31.4 Å². The highest BCUT2D eigenvalue weighted by Gasteiger charge is 2.27. The first-order chi connectivity index (χ1) is 9.33. The van der Waals surface area contributed by atoms with Crippen LogP contribution in [0.1, 0.15) is 12.0 Å². The molecule has 0 aliphatic carbocycles. The van der Waals surface area contributed by atoms with Gasteiger partial charge >= 0.3 is 6.18 Å². The average Bonchev–Trinajstić information content (AvgIpc) is 2.34. The minimum atomic E-state index is -4.38. The van der Waals surface area contributed by atoms with Crippen molar-refractivity contribution in [2.45, 2.75) is 17.9 Å². The Kier molecular flexibility index (Phi) is 6.67. The molecular formula is C12H12BrF5O2. The summed E-state index contributed by atoms with van der Waals surface area (Å²) < 4.78 is 71.4. The second kappa shape index (κ2) is 7.78. The second-order valence-electron chi connectivity index (χ2n) is 3.89. The second-order valence-corrected chi connectivity index (χ2v) is 4.45. The molecule has 0 aliphatic heterocycles. The summed E-state index contributed by atoms with van der Waals surface area (Å²) in [5.41, 5.74) is 0.417. The molecule has 0 radical (unpaired) electrons. The predicted molar refractivity (Wildman–Crippen MR) is 66.0 cm³/mol. The van der Waals surface area contributed by atoms with Crippen molar-refractivity contribution in [2.75, 3.05) is 19.8 Å². The van der Waals surface area contributed by atoms with Gasteiger partial charge in [0.05, 0.1) is 13.2 Å². The van der Waals surface area contributed by atoms with Gasteiger partial charge in [-0.25, -0.2) is 8.78 Å². The van der Waals surface area contributed by atoms with Crippen LogP contribution in [-0.2, 0) is 10.1 Å². The van der Waals surface area contributed by atoms with Crippen LogP contribution in [0.4, 0.5) is 22.0 Å². The van der Waals surface area contributed by atoms with Crippen LogP contribution in [-0.4, -0.2) is 26.0 Å². The number of hydrogen-bond donors (Lipinski definition) is 0. The van der Waals surface area contributed by atoms with Crippen LogP contribution in [0.25, 0.3) is 0 Å². The van der Waals surface area contributed by atoms with E-state index in [2.05, 4.69) is 20.7 Å². The van der Waals surface area contributed by atoms with Gasteiger partial charge in [-0.3, -0.25) is 0 Å². The minimum Gasteiger partial charge on any atom is -0.488 e. The van der Waals surface area contributed by atoms with Crippen LogP contribution >= 0.6 is 15.9 Å². The van der Waals surface area contributed by atoms with Gasteiger partial charge in [0.1, 0.15) is 6.61 Å². The molecular weight excluding hydrogens is 351 g/mol. The first kappa shape index (κ1) is 17.2. The zero-order valence-electron chi connectivity index (χ0n) is 10.3. The highest BCUT2D eigenvalue weighted by molar-refractivity contribution is 9.08. The van der Waals surface area contributed by atoms with E-state index in [9.17, 15) is 22.0 Å². The van der Waals surface area contributed by atoms with E-state index in [1.165, 1.54) is 0 Å². The van der Waals surface area contributed by atoms with Crippen molar-refractivity contribution in [3.05, 3.63) is 29.3 Å². The van der Waals surface area contributed by atoms with E-state index in [-0.39, 0.29) is 19.6 Å². The number of rotatable bonds is 7. The molecule has 0 bridgehead atoms. The number of ether oxygens (including phenoxy) is 2. The third-order valence-electron chi connectivity index (χ3n) is 2.16. The molecule has 20 heavy (non-hydrogen) atoms. The molecule has 0 saturated heterocycles. The van der Waals surface area contributed by atoms with Gasteiger partial charge in [0, 0.05) is 11.8 Å². The van der Waals surface area contributed by atoms with E-state index in [0.717, 1.165) is 12.1 Å². The Morgan fingerprint density at radius 2 is 1.65 bits per heavy atom. The van der Waals surface area contributed by atoms with E-state index in [1.807, 2.05) is 0 Å². The standard InChI is InChI=1S/C12H12BrF5O2/c13-6-8-4-9(14)11(10(15)5-8)20-3-1-2-19-7-12(16,17)18/h4-5H,1-3,6-7H2. The summed E-state index contributed by atoms with van der Waals surface area (Å²) in [4.78, 5) is 0. The number of benzene rings is 1. The molecule has 1 aromatic rings. The lowest BCUT2D eigenvalue weighted by Crippen LogP contribution is -2.18. The fraction of sp³-hybridized carbons (Fsp3) is 0.500. The summed E-state index contributed by atoms with van der Waals surface area (Å²) in [6, 6.07) is 2.24. The fourth-order valence-corrected chi connectivity index (χ4v) is 1.67. The molecule has 0 aromatic heterocycles. The predicted octanol–water partition coefficient (Wildman–Crippen LogP) is 4.21. The van der Waals surface area contributed by atoms with Gasteiger partial charge in [-0.15, -0.1) is 0 Å². The summed E-state index contributed by atoms with van der Waals surface area (Å²) in [6.07, 6.45) is -4.29. The SMILES string of the molecule is Fc1cc(CBr)cc(F)c1OCCCOCC(F)(F)F. The van der Waals surface area contributed by atoms with Crippen LogP contribution < -0.4 is 4.74 Å². The molecule has 0 fully saturated rings. The fourth-order valence-electron chi connectivity index (χ4n) is 1.35. The van der Waals surface area contributed by atoms with Gasteiger partial charge in [0.2, 0.25) is 0 Å². The van der Waals surface area contributed by atoms with Crippen molar-refractivity contribution in [2.24, 2.45) is 0 Å². The van der Waals surface area contributed by atoms with Gasteiger partial charge < -0.3 is 9.47 Å². The average molecular weight is 363 g/mol. The Morgan fingerprint density at radius 1 is 1.05 bits per heavy atom. The molecule has 0 heterocycles. The quantitative estimate of drug-likeness (QED) is 0.411. The zero-order valence-corrected chi connectivity index (χ0v) is 11.9. The van der Waals surface area contributed by atoms with E-state index in [4.69, 9.17) is 4.74 Å². The van der Waals surface area contributed by atoms with E-state index in [0.29, 0.717) is 10.9 Å². The molecule has 0 spiro atoms. The molecule has 114 valence electrons. The lowest BCUT2D eigenvalue weighted by Gasteiger charge is -2.10. The maximum Gasteiger partial charge on any atom is 0.411 e. The molecule has 0 atom stereocenters. The molecule has 2 nitrogen and oxygen atoms in total. The monoisotopic (exact) mass is 362 g/mol. The smallest absolute Gasteiger partial charge is 0.411 e. The van der Waals surface area contributed by atoms with Gasteiger partial charge in [-0.2, -0.15) is 13.2 Å². The van der Waals surface area contributed by atoms with E-state index >= 15 is 0 Å². The third-order valence-corrected chi connectivity index (χ3v) is 2.80. The van der Waals surface area contributed by atoms with Gasteiger partial charge in [0.15, 0.2) is 17.4 Å². The van der Waals surface area contributed by atoms with E-state index in [1.54, 1.807) is 0 Å². The first-order valence-corrected chi connectivity index (χ1v) is 6.77. The van der Waals surface area contributed by atoms with Gasteiger partial charge in [0.25, 0.3) is 0 Å². The summed E-state index contributed by atoms with van der Waals surface area (Å²) >= 11 is 3.06. The Balaban J connectivity index is 2.36. The minimum absolute atomic E-state index is 0.0924. The number of alkyl halides is 4. The van der Waals surface area contributed by atoms with Crippen molar-refractivity contribution in [3.63, 3.8) is 0 Å². The lowest BCUT2D eigenvalue weighted by molar-refractivity contribution is -0.174. The Labute approximate surface area is 121 Å². The lowest BCUT2D eigenvalue weighted by atomic mass is 10.2. The summed E-state index contributed by atoms with van der Waals surface area (Å²) in [6.45, 7) is -1.70. The first-order valence-electron chi connectivity index (χ1n) is 5.64.